The van der Waals surface area contributed by atoms with Crippen molar-refractivity contribution in [2.75, 3.05) is 0 Å². The minimum Gasteiger partial charge on any atom is -0.303 e. The third kappa shape index (κ3) is 5.59. The maximum absolute atomic E-state index is 10.0. The van der Waals surface area contributed by atoms with E-state index in [1.807, 2.05) is 6.08 Å². The van der Waals surface area contributed by atoms with Crippen LogP contribution in [0.1, 0.15) is 33.1 Å². The van der Waals surface area contributed by atoms with Crippen molar-refractivity contribution in [1.82, 2.24) is 0 Å². The fourth-order valence-corrected chi connectivity index (χ4v) is 0.799. The van der Waals surface area contributed by atoms with Gasteiger partial charge in [0.05, 0.1) is 0 Å². The zero-order valence-electron chi connectivity index (χ0n) is 7.34. The van der Waals surface area contributed by atoms with Gasteiger partial charge < -0.3 is 4.79 Å². The van der Waals surface area contributed by atoms with Crippen LogP contribution in [0.5, 0.6) is 0 Å². The first-order chi connectivity index (χ1) is 5.35. The fourth-order valence-electron chi connectivity index (χ4n) is 0.799. The summed E-state index contributed by atoms with van der Waals surface area (Å²) in [5, 5.41) is 0. The van der Waals surface area contributed by atoms with Gasteiger partial charge in [-0.2, -0.15) is 0 Å². The maximum Gasteiger partial charge on any atom is 0.123 e. The van der Waals surface area contributed by atoms with Gasteiger partial charge in [-0.15, -0.1) is 0 Å². The fraction of sp³-hybridized carbons (Fsp3) is 0.500. The smallest absolute Gasteiger partial charge is 0.123 e. The van der Waals surface area contributed by atoms with Crippen molar-refractivity contribution in [2.24, 2.45) is 0 Å². The zero-order chi connectivity index (χ0) is 8.53. The van der Waals surface area contributed by atoms with E-state index in [2.05, 4.69) is 26.0 Å². The van der Waals surface area contributed by atoms with Crippen LogP contribution < -0.4 is 0 Å². The predicted octanol–water partition coefficient (Wildman–Crippen LogP) is 2.88. The van der Waals surface area contributed by atoms with Gasteiger partial charge in [0, 0.05) is 6.42 Å². The molecule has 1 nitrogen and oxygen atoms in total. The summed E-state index contributed by atoms with van der Waals surface area (Å²) in [7, 11) is 0. The standard InChI is InChI=1S/C10H16O/c1-3-5-7-10(4-2)8-6-9-11/h5,7-9H,3-4,6H2,1-2H3/b7-5-,10-8+. The summed E-state index contributed by atoms with van der Waals surface area (Å²) in [4.78, 5) is 10.0. The number of allylic oxidation sites excluding steroid dienone is 4. The molecule has 0 aromatic heterocycles. The van der Waals surface area contributed by atoms with Gasteiger partial charge in [-0.25, -0.2) is 0 Å². The van der Waals surface area contributed by atoms with Gasteiger partial charge in [-0.3, -0.25) is 0 Å². The van der Waals surface area contributed by atoms with Crippen molar-refractivity contribution < 1.29 is 4.79 Å². The Balaban J connectivity index is 3.92. The molecule has 0 rings (SSSR count). The summed E-state index contributed by atoms with van der Waals surface area (Å²) in [6.07, 6.45) is 9.69. The van der Waals surface area contributed by atoms with E-state index in [9.17, 15) is 4.79 Å². The molecule has 0 N–H and O–H groups in total. The van der Waals surface area contributed by atoms with E-state index >= 15 is 0 Å². The van der Waals surface area contributed by atoms with Crippen LogP contribution >= 0.6 is 0 Å². The summed E-state index contributed by atoms with van der Waals surface area (Å²) in [5.74, 6) is 0. The van der Waals surface area contributed by atoms with E-state index in [0.29, 0.717) is 6.42 Å². The number of hydrogen-bond donors (Lipinski definition) is 0. The van der Waals surface area contributed by atoms with Gasteiger partial charge in [0.1, 0.15) is 6.29 Å². The van der Waals surface area contributed by atoms with E-state index in [1.54, 1.807) is 0 Å². The second kappa shape index (κ2) is 7.26. The van der Waals surface area contributed by atoms with Gasteiger partial charge in [0.2, 0.25) is 0 Å². The molecule has 0 fully saturated rings. The first-order valence-electron chi connectivity index (χ1n) is 4.14. The third-order valence-electron chi connectivity index (χ3n) is 1.45. The molecule has 0 saturated heterocycles. The van der Waals surface area contributed by atoms with Crippen molar-refractivity contribution in [3.63, 3.8) is 0 Å². The van der Waals surface area contributed by atoms with E-state index in [4.69, 9.17) is 0 Å². The summed E-state index contributed by atoms with van der Waals surface area (Å²) in [6, 6.07) is 0. The molecule has 0 bridgehead atoms. The Bertz CT molecular complexity index is 154. The molecule has 1 heteroatoms. The van der Waals surface area contributed by atoms with Crippen molar-refractivity contribution in [1.29, 1.82) is 0 Å². The highest BCUT2D eigenvalue weighted by molar-refractivity contribution is 5.52. The van der Waals surface area contributed by atoms with Gasteiger partial charge in [-0.1, -0.05) is 37.6 Å². The number of carbonyl (C=O) groups is 1. The molecule has 0 saturated carbocycles. The number of hydrogen-bond acceptors (Lipinski definition) is 1. The average molecular weight is 152 g/mol. The quantitative estimate of drug-likeness (QED) is 0.437. The van der Waals surface area contributed by atoms with Crippen LogP contribution in [0.25, 0.3) is 0 Å². The average Bonchev–Trinajstić information content (AvgIpc) is 2.05. The number of aldehydes is 1. The van der Waals surface area contributed by atoms with Crippen LogP contribution in [0.3, 0.4) is 0 Å². The Morgan fingerprint density at radius 1 is 1.36 bits per heavy atom. The lowest BCUT2D eigenvalue weighted by Gasteiger charge is -1.93. The van der Waals surface area contributed by atoms with E-state index < -0.39 is 0 Å². The highest BCUT2D eigenvalue weighted by Gasteiger charge is 1.85. The number of carbonyl (C=O) groups excluding carboxylic acids is 1. The molecule has 0 heterocycles. The molecule has 0 aliphatic carbocycles. The second-order valence-corrected chi connectivity index (χ2v) is 2.35. The molecule has 0 radical (unpaired) electrons. The molecule has 0 aliphatic rings. The first kappa shape index (κ1) is 10.2. The minimum atomic E-state index is 0.539. The normalized spacial score (nSPS) is 12.4. The molecule has 0 aromatic rings. The minimum absolute atomic E-state index is 0.539. The van der Waals surface area contributed by atoms with Crippen LogP contribution in [0.4, 0.5) is 0 Å². The summed E-state index contributed by atoms with van der Waals surface area (Å²) < 4.78 is 0. The van der Waals surface area contributed by atoms with Gasteiger partial charge in [0.15, 0.2) is 0 Å². The monoisotopic (exact) mass is 152 g/mol. The lowest BCUT2D eigenvalue weighted by molar-refractivity contribution is -0.107. The third-order valence-corrected chi connectivity index (χ3v) is 1.45. The molecule has 0 aliphatic heterocycles. The largest absolute Gasteiger partial charge is 0.303 e. The van der Waals surface area contributed by atoms with Crippen molar-refractivity contribution >= 4 is 6.29 Å². The molecule has 0 aromatic carbocycles. The van der Waals surface area contributed by atoms with E-state index in [0.717, 1.165) is 19.1 Å². The Labute approximate surface area is 68.8 Å². The molecule has 11 heavy (non-hydrogen) atoms. The lowest BCUT2D eigenvalue weighted by Crippen LogP contribution is -1.76. The maximum atomic E-state index is 10.0. The Kier molecular flexibility index (Phi) is 6.70. The predicted molar refractivity (Wildman–Crippen MR) is 48.5 cm³/mol. The second-order valence-electron chi connectivity index (χ2n) is 2.35. The van der Waals surface area contributed by atoms with E-state index in [1.165, 1.54) is 5.57 Å². The van der Waals surface area contributed by atoms with Gasteiger partial charge >= 0.3 is 0 Å². The molecular formula is C10H16O. The highest BCUT2D eigenvalue weighted by Crippen LogP contribution is 2.03. The van der Waals surface area contributed by atoms with Crippen LogP contribution in [0.2, 0.25) is 0 Å². The molecule has 62 valence electrons. The Morgan fingerprint density at radius 3 is 2.55 bits per heavy atom. The van der Waals surface area contributed by atoms with Crippen molar-refractivity contribution in [3.8, 4) is 0 Å². The van der Waals surface area contributed by atoms with Gasteiger partial charge in [0.25, 0.3) is 0 Å². The number of rotatable bonds is 5. The Hall–Kier alpha value is -0.850. The van der Waals surface area contributed by atoms with Crippen LogP contribution in [-0.2, 0) is 4.79 Å². The summed E-state index contributed by atoms with van der Waals surface area (Å²) >= 11 is 0. The molecule has 0 spiro atoms. The van der Waals surface area contributed by atoms with E-state index in [-0.39, 0.29) is 0 Å². The van der Waals surface area contributed by atoms with Crippen molar-refractivity contribution in [2.45, 2.75) is 33.1 Å². The zero-order valence-corrected chi connectivity index (χ0v) is 7.34. The van der Waals surface area contributed by atoms with Crippen LogP contribution in [-0.4, -0.2) is 6.29 Å². The highest BCUT2D eigenvalue weighted by atomic mass is 16.1. The molecule has 0 atom stereocenters. The topological polar surface area (TPSA) is 17.1 Å². The SMILES string of the molecule is CC/C=C\C(=C\CC=O)CC. The summed E-state index contributed by atoms with van der Waals surface area (Å²) in [5.41, 5.74) is 1.25. The first-order valence-corrected chi connectivity index (χ1v) is 4.14. The molecule has 0 amide bonds. The van der Waals surface area contributed by atoms with Crippen LogP contribution in [0, 0.1) is 0 Å². The molecular weight excluding hydrogens is 136 g/mol. The molecule has 0 unspecified atom stereocenters. The summed E-state index contributed by atoms with van der Waals surface area (Å²) in [6.45, 7) is 4.19. The van der Waals surface area contributed by atoms with Gasteiger partial charge in [-0.05, 0) is 12.8 Å². The van der Waals surface area contributed by atoms with Crippen molar-refractivity contribution in [3.05, 3.63) is 23.8 Å². The Morgan fingerprint density at radius 2 is 2.09 bits per heavy atom. The van der Waals surface area contributed by atoms with Crippen LogP contribution in [0.15, 0.2) is 23.8 Å². The lowest BCUT2D eigenvalue weighted by atomic mass is 10.1.